The molecule has 0 saturated heterocycles. The fourth-order valence-electron chi connectivity index (χ4n) is 1.48. The number of carbonyl (C=O) groups is 1. The van der Waals surface area contributed by atoms with Gasteiger partial charge in [-0.05, 0) is 18.4 Å². The third-order valence-corrected chi connectivity index (χ3v) is 2.44. The first-order chi connectivity index (χ1) is 7.27. The van der Waals surface area contributed by atoms with E-state index < -0.39 is 0 Å². The number of ether oxygens (including phenoxy) is 1. The minimum Gasteiger partial charge on any atom is -0.469 e. The molecule has 2 N–H and O–H groups in total. The van der Waals surface area contributed by atoms with Gasteiger partial charge in [0.05, 0.1) is 13.0 Å². The molecule has 15 heavy (non-hydrogen) atoms. The third kappa shape index (κ3) is 3.72. The van der Waals surface area contributed by atoms with Crippen LogP contribution in [-0.4, -0.2) is 19.6 Å². The Morgan fingerprint density at radius 2 is 2.07 bits per heavy atom. The molecule has 1 aromatic rings. The topological polar surface area (TPSA) is 52.3 Å². The number of benzene rings is 1. The maximum atomic E-state index is 11.3. The zero-order chi connectivity index (χ0) is 11.1. The molecule has 0 fully saturated rings. The monoisotopic (exact) mass is 207 g/mol. The van der Waals surface area contributed by atoms with Crippen LogP contribution in [-0.2, 0) is 16.0 Å². The Morgan fingerprint density at radius 1 is 1.40 bits per heavy atom. The molecule has 0 spiro atoms. The molecule has 0 heterocycles. The summed E-state index contributed by atoms with van der Waals surface area (Å²) in [5.41, 5.74) is 6.73. The van der Waals surface area contributed by atoms with Gasteiger partial charge >= 0.3 is 5.97 Å². The van der Waals surface area contributed by atoms with Crippen LogP contribution in [0, 0.1) is 5.92 Å². The third-order valence-electron chi connectivity index (χ3n) is 2.44. The Labute approximate surface area is 90.2 Å². The van der Waals surface area contributed by atoms with E-state index in [1.165, 1.54) is 12.7 Å². The van der Waals surface area contributed by atoms with Crippen LogP contribution in [0.3, 0.4) is 0 Å². The SMILES string of the molecule is COC(=O)C(CN)CCc1ccccc1. The molecule has 0 saturated carbocycles. The molecule has 0 radical (unpaired) electrons. The number of rotatable bonds is 5. The average molecular weight is 207 g/mol. The second kappa shape index (κ2) is 6.19. The van der Waals surface area contributed by atoms with Crippen molar-refractivity contribution in [2.45, 2.75) is 12.8 Å². The standard InChI is InChI=1S/C12H17NO2/c1-15-12(14)11(9-13)8-7-10-5-3-2-4-6-10/h2-6,11H,7-9,13H2,1H3. The number of hydrogen-bond acceptors (Lipinski definition) is 3. The first kappa shape index (κ1) is 11.7. The van der Waals surface area contributed by atoms with Crippen molar-refractivity contribution >= 4 is 5.97 Å². The van der Waals surface area contributed by atoms with E-state index in [0.717, 1.165) is 12.8 Å². The van der Waals surface area contributed by atoms with Crippen LogP contribution in [0.15, 0.2) is 30.3 Å². The summed E-state index contributed by atoms with van der Waals surface area (Å²) in [6.45, 7) is 0.347. The summed E-state index contributed by atoms with van der Waals surface area (Å²) in [6, 6.07) is 10.1. The van der Waals surface area contributed by atoms with Crippen LogP contribution in [0.5, 0.6) is 0 Å². The van der Waals surface area contributed by atoms with Gasteiger partial charge in [-0.25, -0.2) is 0 Å². The lowest BCUT2D eigenvalue weighted by atomic mass is 10.00. The summed E-state index contributed by atoms with van der Waals surface area (Å²) < 4.78 is 4.67. The van der Waals surface area contributed by atoms with Gasteiger partial charge in [-0.2, -0.15) is 0 Å². The molecule has 1 unspecified atom stereocenters. The van der Waals surface area contributed by atoms with Crippen LogP contribution in [0.1, 0.15) is 12.0 Å². The predicted molar refractivity (Wildman–Crippen MR) is 59.3 cm³/mol. The number of nitrogens with two attached hydrogens (primary N) is 1. The number of esters is 1. The van der Waals surface area contributed by atoms with Crippen molar-refractivity contribution in [2.75, 3.05) is 13.7 Å². The van der Waals surface area contributed by atoms with E-state index in [9.17, 15) is 4.79 Å². The molecule has 0 bridgehead atoms. The van der Waals surface area contributed by atoms with Gasteiger partial charge in [-0.15, -0.1) is 0 Å². The zero-order valence-corrected chi connectivity index (χ0v) is 8.98. The molecule has 1 atom stereocenters. The molecule has 1 aromatic carbocycles. The zero-order valence-electron chi connectivity index (χ0n) is 8.98. The van der Waals surface area contributed by atoms with E-state index >= 15 is 0 Å². The van der Waals surface area contributed by atoms with E-state index in [1.807, 2.05) is 30.3 Å². The number of aryl methyl sites for hydroxylation is 1. The Kier molecular flexibility index (Phi) is 4.84. The van der Waals surface area contributed by atoms with Crippen LogP contribution in [0.4, 0.5) is 0 Å². The summed E-state index contributed by atoms with van der Waals surface area (Å²) >= 11 is 0. The Morgan fingerprint density at radius 3 is 2.60 bits per heavy atom. The minimum absolute atomic E-state index is 0.185. The highest BCUT2D eigenvalue weighted by molar-refractivity contribution is 5.72. The summed E-state index contributed by atoms with van der Waals surface area (Å²) in [5, 5.41) is 0. The van der Waals surface area contributed by atoms with Crippen molar-refractivity contribution in [1.29, 1.82) is 0 Å². The van der Waals surface area contributed by atoms with Crippen molar-refractivity contribution in [3.63, 3.8) is 0 Å². The van der Waals surface area contributed by atoms with E-state index in [1.54, 1.807) is 0 Å². The van der Waals surface area contributed by atoms with Gasteiger partial charge in [0.2, 0.25) is 0 Å². The average Bonchev–Trinajstić information content (AvgIpc) is 2.31. The smallest absolute Gasteiger partial charge is 0.309 e. The molecule has 3 heteroatoms. The highest BCUT2D eigenvalue weighted by Gasteiger charge is 2.16. The summed E-state index contributed by atoms with van der Waals surface area (Å²) in [7, 11) is 1.40. The first-order valence-corrected chi connectivity index (χ1v) is 5.09. The highest BCUT2D eigenvalue weighted by atomic mass is 16.5. The van der Waals surface area contributed by atoms with Gasteiger partial charge in [0.25, 0.3) is 0 Å². The van der Waals surface area contributed by atoms with Crippen LogP contribution >= 0.6 is 0 Å². The normalized spacial score (nSPS) is 12.1. The van der Waals surface area contributed by atoms with Gasteiger partial charge < -0.3 is 10.5 Å². The molecular formula is C12H17NO2. The molecule has 0 amide bonds. The van der Waals surface area contributed by atoms with Crippen molar-refractivity contribution < 1.29 is 9.53 Å². The molecule has 0 aliphatic carbocycles. The molecule has 3 nitrogen and oxygen atoms in total. The van der Waals surface area contributed by atoms with Gasteiger partial charge in [0.15, 0.2) is 0 Å². The van der Waals surface area contributed by atoms with Crippen molar-refractivity contribution in [3.8, 4) is 0 Å². The Balaban J connectivity index is 2.44. The van der Waals surface area contributed by atoms with E-state index in [0.29, 0.717) is 6.54 Å². The lowest BCUT2D eigenvalue weighted by Gasteiger charge is -2.11. The second-order valence-electron chi connectivity index (χ2n) is 3.48. The van der Waals surface area contributed by atoms with E-state index in [-0.39, 0.29) is 11.9 Å². The maximum Gasteiger partial charge on any atom is 0.309 e. The minimum atomic E-state index is -0.214. The van der Waals surface area contributed by atoms with Crippen LogP contribution < -0.4 is 5.73 Å². The summed E-state index contributed by atoms with van der Waals surface area (Å²) in [6.07, 6.45) is 1.60. The second-order valence-corrected chi connectivity index (χ2v) is 3.48. The van der Waals surface area contributed by atoms with Gasteiger partial charge in [0.1, 0.15) is 0 Å². The number of carbonyl (C=O) groups excluding carboxylic acids is 1. The van der Waals surface area contributed by atoms with Crippen LogP contribution in [0.25, 0.3) is 0 Å². The van der Waals surface area contributed by atoms with Gasteiger partial charge in [-0.1, -0.05) is 30.3 Å². The largest absolute Gasteiger partial charge is 0.469 e. The number of hydrogen-bond donors (Lipinski definition) is 1. The summed E-state index contributed by atoms with van der Waals surface area (Å²) in [4.78, 5) is 11.3. The van der Waals surface area contributed by atoms with E-state index in [2.05, 4.69) is 4.74 Å². The molecule has 0 aliphatic heterocycles. The first-order valence-electron chi connectivity index (χ1n) is 5.09. The van der Waals surface area contributed by atoms with Gasteiger partial charge in [0, 0.05) is 6.54 Å². The number of methoxy groups -OCH3 is 1. The lowest BCUT2D eigenvalue weighted by molar-refractivity contribution is -0.145. The summed E-state index contributed by atoms with van der Waals surface area (Å²) in [5.74, 6) is -0.399. The Hall–Kier alpha value is -1.35. The molecular weight excluding hydrogens is 190 g/mol. The van der Waals surface area contributed by atoms with Crippen molar-refractivity contribution in [3.05, 3.63) is 35.9 Å². The highest BCUT2D eigenvalue weighted by Crippen LogP contribution is 2.10. The van der Waals surface area contributed by atoms with Crippen molar-refractivity contribution in [2.24, 2.45) is 11.7 Å². The lowest BCUT2D eigenvalue weighted by Crippen LogP contribution is -2.25. The predicted octanol–water partition coefficient (Wildman–Crippen LogP) is 1.37. The molecule has 82 valence electrons. The fourth-order valence-corrected chi connectivity index (χ4v) is 1.48. The Bertz CT molecular complexity index is 298. The molecule has 1 rings (SSSR count). The maximum absolute atomic E-state index is 11.3. The fraction of sp³-hybridized carbons (Fsp3) is 0.417. The van der Waals surface area contributed by atoms with Crippen LogP contribution in [0.2, 0.25) is 0 Å². The van der Waals surface area contributed by atoms with Gasteiger partial charge in [-0.3, -0.25) is 4.79 Å². The van der Waals surface area contributed by atoms with Crippen molar-refractivity contribution in [1.82, 2.24) is 0 Å². The molecule has 0 aromatic heterocycles. The quantitative estimate of drug-likeness (QED) is 0.742. The molecule has 0 aliphatic rings. The van der Waals surface area contributed by atoms with E-state index in [4.69, 9.17) is 5.73 Å².